The van der Waals surface area contributed by atoms with E-state index in [1.54, 1.807) is 38.2 Å². The fourth-order valence-electron chi connectivity index (χ4n) is 2.62. The summed E-state index contributed by atoms with van der Waals surface area (Å²) in [5.74, 6) is -0.377. The molecule has 6 nitrogen and oxygen atoms in total. The SMILES string of the molecule is COc1cccc(NC(=O)[C@@H](C)[NH+](C)CC(=O)Nc2ccccc2C(F)(F)F)c1. The number of anilines is 2. The van der Waals surface area contributed by atoms with Crippen LogP contribution >= 0.6 is 0 Å². The van der Waals surface area contributed by atoms with Crippen LogP contribution in [0.4, 0.5) is 24.5 Å². The number of amides is 2. The van der Waals surface area contributed by atoms with E-state index in [-0.39, 0.29) is 18.1 Å². The van der Waals surface area contributed by atoms with E-state index in [1.807, 2.05) is 0 Å². The molecule has 0 aromatic heterocycles. The number of quaternary nitrogens is 1. The molecule has 0 fully saturated rings. The molecule has 0 aliphatic rings. The number of halogens is 3. The first-order valence-electron chi connectivity index (χ1n) is 8.85. The number of para-hydroxylation sites is 1. The van der Waals surface area contributed by atoms with Crippen molar-refractivity contribution in [2.75, 3.05) is 31.3 Å². The summed E-state index contributed by atoms with van der Waals surface area (Å²) in [4.78, 5) is 25.2. The van der Waals surface area contributed by atoms with E-state index in [4.69, 9.17) is 4.74 Å². The summed E-state index contributed by atoms with van der Waals surface area (Å²) >= 11 is 0. The van der Waals surface area contributed by atoms with Crippen molar-refractivity contribution in [1.82, 2.24) is 0 Å². The Labute approximate surface area is 166 Å². The van der Waals surface area contributed by atoms with Crippen molar-refractivity contribution in [1.29, 1.82) is 0 Å². The molecule has 9 heteroatoms. The predicted octanol–water partition coefficient (Wildman–Crippen LogP) is 2.19. The number of nitrogens with one attached hydrogen (secondary N) is 3. The zero-order chi connectivity index (χ0) is 21.6. The van der Waals surface area contributed by atoms with Crippen LogP contribution in [0.2, 0.25) is 0 Å². The molecule has 0 aliphatic heterocycles. The van der Waals surface area contributed by atoms with E-state index in [0.29, 0.717) is 16.3 Å². The predicted molar refractivity (Wildman–Crippen MR) is 103 cm³/mol. The third-order valence-electron chi connectivity index (χ3n) is 4.42. The molecule has 0 saturated heterocycles. The van der Waals surface area contributed by atoms with Gasteiger partial charge in [-0.1, -0.05) is 18.2 Å². The van der Waals surface area contributed by atoms with Gasteiger partial charge in [-0.2, -0.15) is 13.2 Å². The molecule has 3 N–H and O–H groups in total. The summed E-state index contributed by atoms with van der Waals surface area (Å²) in [6.45, 7) is 1.45. The molecule has 0 saturated carbocycles. The first-order valence-corrected chi connectivity index (χ1v) is 8.85. The Hall–Kier alpha value is -3.07. The van der Waals surface area contributed by atoms with Crippen LogP contribution in [-0.4, -0.2) is 38.6 Å². The number of hydrogen-bond acceptors (Lipinski definition) is 3. The van der Waals surface area contributed by atoms with Crippen LogP contribution in [0.5, 0.6) is 5.75 Å². The molecule has 2 atom stereocenters. The van der Waals surface area contributed by atoms with Crippen molar-refractivity contribution >= 4 is 23.2 Å². The quantitative estimate of drug-likeness (QED) is 0.655. The first kappa shape index (κ1) is 22.2. The highest BCUT2D eigenvalue weighted by Gasteiger charge is 2.34. The molecule has 2 rings (SSSR count). The largest absolute Gasteiger partial charge is 0.497 e. The van der Waals surface area contributed by atoms with Gasteiger partial charge in [0.1, 0.15) is 5.75 Å². The van der Waals surface area contributed by atoms with Gasteiger partial charge in [-0.3, -0.25) is 9.59 Å². The Bertz CT molecular complexity index is 871. The lowest BCUT2D eigenvalue weighted by molar-refractivity contribution is -0.885. The zero-order valence-electron chi connectivity index (χ0n) is 16.3. The molecule has 0 aliphatic carbocycles. The molecule has 1 unspecified atom stereocenters. The second-order valence-corrected chi connectivity index (χ2v) is 6.56. The zero-order valence-corrected chi connectivity index (χ0v) is 16.3. The van der Waals surface area contributed by atoms with Crippen LogP contribution in [0, 0.1) is 0 Å². The molecule has 0 heterocycles. The van der Waals surface area contributed by atoms with Crippen molar-refractivity contribution in [2.24, 2.45) is 0 Å². The average molecular weight is 410 g/mol. The van der Waals surface area contributed by atoms with Crippen molar-refractivity contribution in [3.63, 3.8) is 0 Å². The third-order valence-corrected chi connectivity index (χ3v) is 4.42. The molecule has 0 radical (unpaired) electrons. The first-order chi connectivity index (χ1) is 13.6. The third kappa shape index (κ3) is 6.21. The number of carbonyl (C=O) groups excluding carboxylic acids is 2. The van der Waals surface area contributed by atoms with Crippen LogP contribution < -0.4 is 20.3 Å². The molecule has 2 aromatic carbocycles. The topological polar surface area (TPSA) is 71.9 Å². The Kier molecular flexibility index (Phi) is 7.22. The average Bonchev–Trinajstić information content (AvgIpc) is 2.66. The molecular weight excluding hydrogens is 387 g/mol. The van der Waals surface area contributed by atoms with E-state index in [2.05, 4.69) is 10.6 Å². The highest BCUT2D eigenvalue weighted by Crippen LogP contribution is 2.34. The number of methoxy groups -OCH3 is 1. The Morgan fingerprint density at radius 2 is 1.79 bits per heavy atom. The highest BCUT2D eigenvalue weighted by atomic mass is 19.4. The minimum atomic E-state index is -4.58. The fourth-order valence-corrected chi connectivity index (χ4v) is 2.62. The lowest BCUT2D eigenvalue weighted by Gasteiger charge is -2.21. The summed E-state index contributed by atoms with van der Waals surface area (Å²) in [5.41, 5.74) is -0.696. The molecule has 29 heavy (non-hydrogen) atoms. The number of ether oxygens (including phenoxy) is 1. The Morgan fingerprint density at radius 1 is 1.10 bits per heavy atom. The van der Waals surface area contributed by atoms with E-state index in [0.717, 1.165) is 6.07 Å². The lowest BCUT2D eigenvalue weighted by atomic mass is 10.1. The van der Waals surface area contributed by atoms with Gasteiger partial charge < -0.3 is 20.3 Å². The molecule has 0 spiro atoms. The maximum absolute atomic E-state index is 13.0. The van der Waals surface area contributed by atoms with Gasteiger partial charge in [0.25, 0.3) is 11.8 Å². The second-order valence-electron chi connectivity index (χ2n) is 6.56. The van der Waals surface area contributed by atoms with E-state index >= 15 is 0 Å². The monoisotopic (exact) mass is 410 g/mol. The maximum Gasteiger partial charge on any atom is 0.418 e. The van der Waals surface area contributed by atoms with Crippen LogP contribution in [0.25, 0.3) is 0 Å². The van der Waals surface area contributed by atoms with Gasteiger partial charge in [0.2, 0.25) is 0 Å². The van der Waals surface area contributed by atoms with Gasteiger partial charge in [0, 0.05) is 11.8 Å². The van der Waals surface area contributed by atoms with Gasteiger partial charge in [0.05, 0.1) is 25.4 Å². The van der Waals surface area contributed by atoms with Crippen LogP contribution in [-0.2, 0) is 15.8 Å². The Morgan fingerprint density at radius 3 is 2.45 bits per heavy atom. The number of likely N-dealkylation sites (N-methyl/N-ethyl adjacent to an activating group) is 1. The smallest absolute Gasteiger partial charge is 0.418 e. The van der Waals surface area contributed by atoms with E-state index in [1.165, 1.54) is 25.3 Å². The van der Waals surface area contributed by atoms with Crippen molar-refractivity contribution < 1.29 is 32.4 Å². The normalized spacial score (nSPS) is 13.3. The second kappa shape index (κ2) is 9.42. The summed E-state index contributed by atoms with van der Waals surface area (Å²) in [7, 11) is 3.13. The number of benzene rings is 2. The van der Waals surface area contributed by atoms with Crippen molar-refractivity contribution in [3.8, 4) is 5.75 Å². The van der Waals surface area contributed by atoms with Gasteiger partial charge in [-0.25, -0.2) is 0 Å². The van der Waals surface area contributed by atoms with Crippen LogP contribution in [0.1, 0.15) is 12.5 Å². The number of carbonyl (C=O) groups is 2. The van der Waals surface area contributed by atoms with Crippen molar-refractivity contribution in [3.05, 3.63) is 54.1 Å². The van der Waals surface area contributed by atoms with Gasteiger partial charge in [-0.15, -0.1) is 0 Å². The number of rotatable bonds is 7. The minimum Gasteiger partial charge on any atom is -0.497 e. The summed E-state index contributed by atoms with van der Waals surface area (Å²) in [6.07, 6.45) is -4.58. The van der Waals surface area contributed by atoms with Gasteiger partial charge >= 0.3 is 6.18 Å². The highest BCUT2D eigenvalue weighted by molar-refractivity contribution is 5.95. The van der Waals surface area contributed by atoms with Gasteiger partial charge in [0.15, 0.2) is 12.6 Å². The van der Waals surface area contributed by atoms with Crippen LogP contribution in [0.15, 0.2) is 48.5 Å². The lowest BCUT2D eigenvalue weighted by Crippen LogP contribution is -3.14. The van der Waals surface area contributed by atoms with Crippen LogP contribution in [0.3, 0.4) is 0 Å². The number of hydrogen-bond donors (Lipinski definition) is 3. The van der Waals surface area contributed by atoms with Crippen molar-refractivity contribution in [2.45, 2.75) is 19.1 Å². The summed E-state index contributed by atoms with van der Waals surface area (Å²) in [6, 6.07) is 10.9. The molecule has 2 aromatic rings. The van der Waals surface area contributed by atoms with E-state index in [9.17, 15) is 22.8 Å². The van der Waals surface area contributed by atoms with E-state index < -0.39 is 23.7 Å². The molecular formula is C20H23F3N3O3+. The molecule has 2 amide bonds. The Balaban J connectivity index is 1.97. The summed E-state index contributed by atoms with van der Waals surface area (Å²) < 4.78 is 44.2. The minimum absolute atomic E-state index is 0.182. The van der Waals surface area contributed by atoms with Gasteiger partial charge in [-0.05, 0) is 31.2 Å². The maximum atomic E-state index is 13.0. The fraction of sp³-hybridized carbons (Fsp3) is 0.300. The molecule has 0 bridgehead atoms. The molecule has 156 valence electrons. The standard InChI is InChI=1S/C20H22F3N3O3/c1-13(19(28)24-14-7-6-8-15(11-14)29-3)26(2)12-18(27)25-17-10-5-4-9-16(17)20(21,22)23/h4-11,13H,12H2,1-3H3,(H,24,28)(H,25,27)/p+1/t13-/m1/s1. The number of alkyl halides is 3. The summed E-state index contributed by atoms with van der Waals surface area (Å²) in [5, 5.41) is 5.01.